The Morgan fingerprint density at radius 2 is 2.00 bits per heavy atom. The van der Waals surface area contributed by atoms with Crippen LogP contribution in [0.2, 0.25) is 0 Å². The van der Waals surface area contributed by atoms with Crippen molar-refractivity contribution in [3.05, 3.63) is 39.8 Å². The van der Waals surface area contributed by atoms with Crippen molar-refractivity contribution in [2.45, 2.75) is 51.6 Å². The van der Waals surface area contributed by atoms with E-state index >= 15 is 0 Å². The van der Waals surface area contributed by atoms with Crippen molar-refractivity contribution >= 4 is 12.0 Å². The Hall–Kier alpha value is -1.88. The van der Waals surface area contributed by atoms with E-state index in [0.717, 1.165) is 39.0 Å². The minimum Gasteiger partial charge on any atom is -0.342 e. The summed E-state index contributed by atoms with van der Waals surface area (Å²) in [5, 5.41) is 0. The first kappa shape index (κ1) is 17.5. The van der Waals surface area contributed by atoms with Gasteiger partial charge in [-0.15, -0.1) is 0 Å². The number of quaternary nitrogens is 1. The molecule has 0 spiro atoms. The topological polar surface area (TPSA) is 46.8 Å². The number of amides is 1. The number of hydrogen-bond acceptors (Lipinski definition) is 2. The van der Waals surface area contributed by atoms with Gasteiger partial charge in [-0.2, -0.15) is 0 Å². The van der Waals surface area contributed by atoms with Gasteiger partial charge in [-0.05, 0) is 25.0 Å². The van der Waals surface area contributed by atoms with Crippen LogP contribution < -0.4 is 10.5 Å². The van der Waals surface area contributed by atoms with Gasteiger partial charge in [0.25, 0.3) is 5.56 Å². The fourth-order valence-electron chi connectivity index (χ4n) is 5.46. The van der Waals surface area contributed by atoms with Crippen molar-refractivity contribution in [2.24, 2.45) is 5.92 Å². The molecule has 0 radical (unpaired) electrons. The highest BCUT2D eigenvalue weighted by Gasteiger charge is 2.41. The number of nitrogens with one attached hydrogen (secondary N) is 1. The maximum Gasteiger partial charge on any atom is 0.250 e. The number of nitrogens with zero attached hydrogens (tertiary/aromatic N) is 2. The van der Waals surface area contributed by atoms with Crippen molar-refractivity contribution in [3.63, 3.8) is 0 Å². The third kappa shape index (κ3) is 3.13. The normalized spacial score (nSPS) is 29.0. The van der Waals surface area contributed by atoms with Crippen LogP contribution in [0.3, 0.4) is 0 Å². The van der Waals surface area contributed by atoms with Crippen LogP contribution in [0.4, 0.5) is 0 Å². The largest absolute Gasteiger partial charge is 0.342 e. The first-order valence-electron chi connectivity index (χ1n) is 10.0. The van der Waals surface area contributed by atoms with Crippen LogP contribution in [0.1, 0.15) is 50.3 Å². The van der Waals surface area contributed by atoms with Crippen LogP contribution in [0.15, 0.2) is 23.0 Å². The molecule has 4 heterocycles. The van der Waals surface area contributed by atoms with Crippen LogP contribution >= 0.6 is 0 Å². The molecule has 26 heavy (non-hydrogen) atoms. The van der Waals surface area contributed by atoms with E-state index in [1.165, 1.54) is 24.2 Å². The van der Waals surface area contributed by atoms with Crippen LogP contribution in [-0.2, 0) is 11.3 Å². The number of carbonyl (C=O) groups excluding carboxylic acids is 1. The molecule has 0 aliphatic carbocycles. The lowest BCUT2D eigenvalue weighted by atomic mass is 9.80. The SMILES string of the molecule is C/C=C/c1ccc(=O)n2c1[C@@H]1C[C@H](C2)C[NH+](C2CCN(C(C)=O)CC2)C1. The van der Waals surface area contributed by atoms with Gasteiger partial charge >= 0.3 is 0 Å². The van der Waals surface area contributed by atoms with Gasteiger partial charge in [-0.1, -0.05) is 12.2 Å². The van der Waals surface area contributed by atoms with Crippen molar-refractivity contribution in [1.29, 1.82) is 0 Å². The maximum absolute atomic E-state index is 12.4. The monoisotopic (exact) mass is 356 g/mol. The molecule has 1 aromatic rings. The number of fused-ring (bicyclic) bond motifs is 4. The number of carbonyl (C=O) groups is 1. The van der Waals surface area contributed by atoms with Gasteiger partial charge in [0.2, 0.25) is 5.91 Å². The summed E-state index contributed by atoms with van der Waals surface area (Å²) < 4.78 is 2.04. The fraction of sp³-hybridized carbons (Fsp3) is 0.619. The molecule has 1 amide bonds. The number of hydrogen-bond donors (Lipinski definition) is 1. The second-order valence-corrected chi connectivity index (χ2v) is 8.27. The van der Waals surface area contributed by atoms with E-state index in [0.29, 0.717) is 17.9 Å². The summed E-state index contributed by atoms with van der Waals surface area (Å²) in [5.74, 6) is 1.28. The third-order valence-electron chi connectivity index (χ3n) is 6.63. The van der Waals surface area contributed by atoms with Crippen molar-refractivity contribution < 1.29 is 9.69 Å². The second-order valence-electron chi connectivity index (χ2n) is 8.27. The molecule has 1 unspecified atom stereocenters. The average molecular weight is 356 g/mol. The Bertz CT molecular complexity index is 774. The maximum atomic E-state index is 12.4. The second kappa shape index (κ2) is 7.03. The summed E-state index contributed by atoms with van der Waals surface area (Å²) in [4.78, 5) is 27.7. The summed E-state index contributed by atoms with van der Waals surface area (Å²) in [6.45, 7) is 8.67. The zero-order valence-electron chi connectivity index (χ0n) is 15.9. The predicted octanol–water partition coefficient (Wildman–Crippen LogP) is 0.894. The first-order chi connectivity index (χ1) is 12.6. The third-order valence-corrected chi connectivity index (χ3v) is 6.63. The van der Waals surface area contributed by atoms with Gasteiger partial charge in [-0.25, -0.2) is 0 Å². The van der Waals surface area contributed by atoms with Crippen molar-refractivity contribution in [1.82, 2.24) is 9.47 Å². The lowest BCUT2D eigenvalue weighted by Gasteiger charge is -2.45. The van der Waals surface area contributed by atoms with Crippen LogP contribution in [0.25, 0.3) is 6.08 Å². The highest BCUT2D eigenvalue weighted by molar-refractivity contribution is 5.73. The molecule has 3 aliphatic rings. The van der Waals surface area contributed by atoms with Gasteiger partial charge < -0.3 is 14.4 Å². The Morgan fingerprint density at radius 1 is 1.23 bits per heavy atom. The molecular formula is C21H30N3O2+. The quantitative estimate of drug-likeness (QED) is 0.856. The Morgan fingerprint density at radius 3 is 2.69 bits per heavy atom. The molecule has 3 aliphatic heterocycles. The predicted molar refractivity (Wildman–Crippen MR) is 102 cm³/mol. The molecule has 5 heteroatoms. The van der Waals surface area contributed by atoms with Gasteiger partial charge in [0.05, 0.1) is 19.1 Å². The molecule has 0 aromatic carbocycles. The Balaban J connectivity index is 1.56. The highest BCUT2D eigenvalue weighted by Crippen LogP contribution is 2.33. The Labute approximate surface area is 155 Å². The molecule has 2 saturated heterocycles. The number of piperidine rings is 2. The molecule has 4 rings (SSSR count). The average Bonchev–Trinajstić information content (AvgIpc) is 2.64. The number of likely N-dealkylation sites (tertiary alicyclic amines) is 2. The molecular weight excluding hydrogens is 326 g/mol. The molecule has 3 atom stereocenters. The van der Waals surface area contributed by atoms with Gasteiger partial charge in [-0.3, -0.25) is 9.59 Å². The summed E-state index contributed by atoms with van der Waals surface area (Å²) in [5.41, 5.74) is 2.62. The molecule has 1 N–H and O–H groups in total. The summed E-state index contributed by atoms with van der Waals surface area (Å²) in [6, 6.07) is 4.37. The van der Waals surface area contributed by atoms with E-state index in [1.54, 1.807) is 17.9 Å². The van der Waals surface area contributed by atoms with E-state index < -0.39 is 0 Å². The van der Waals surface area contributed by atoms with Crippen LogP contribution in [0, 0.1) is 5.92 Å². The summed E-state index contributed by atoms with van der Waals surface area (Å²) in [7, 11) is 0. The van der Waals surface area contributed by atoms with Gasteiger partial charge in [0.15, 0.2) is 0 Å². The molecule has 2 fully saturated rings. The van der Waals surface area contributed by atoms with E-state index in [4.69, 9.17) is 0 Å². The van der Waals surface area contributed by atoms with E-state index in [9.17, 15) is 9.59 Å². The fourth-order valence-corrected chi connectivity index (χ4v) is 5.46. The number of allylic oxidation sites excluding steroid dienone is 1. The zero-order chi connectivity index (χ0) is 18.3. The van der Waals surface area contributed by atoms with E-state index in [-0.39, 0.29) is 11.5 Å². The summed E-state index contributed by atoms with van der Waals surface area (Å²) >= 11 is 0. The lowest BCUT2D eigenvalue weighted by molar-refractivity contribution is -0.937. The first-order valence-corrected chi connectivity index (χ1v) is 10.0. The van der Waals surface area contributed by atoms with E-state index in [2.05, 4.69) is 12.2 Å². The molecule has 140 valence electrons. The lowest BCUT2D eigenvalue weighted by Crippen LogP contribution is -3.18. The molecule has 0 saturated carbocycles. The van der Waals surface area contributed by atoms with Crippen molar-refractivity contribution in [3.8, 4) is 0 Å². The zero-order valence-corrected chi connectivity index (χ0v) is 15.9. The Kier molecular flexibility index (Phi) is 4.74. The number of aromatic nitrogens is 1. The summed E-state index contributed by atoms with van der Waals surface area (Å²) in [6.07, 6.45) is 7.64. The smallest absolute Gasteiger partial charge is 0.250 e. The minimum absolute atomic E-state index is 0.154. The van der Waals surface area contributed by atoms with Gasteiger partial charge in [0, 0.05) is 63.0 Å². The van der Waals surface area contributed by atoms with Crippen LogP contribution in [0.5, 0.6) is 0 Å². The van der Waals surface area contributed by atoms with E-state index in [1.807, 2.05) is 22.5 Å². The highest BCUT2D eigenvalue weighted by atomic mass is 16.2. The number of rotatable bonds is 2. The minimum atomic E-state index is 0.154. The van der Waals surface area contributed by atoms with Crippen molar-refractivity contribution in [2.75, 3.05) is 26.2 Å². The van der Waals surface area contributed by atoms with Gasteiger partial charge in [0.1, 0.15) is 0 Å². The van der Waals surface area contributed by atoms with Crippen LogP contribution in [-0.4, -0.2) is 47.6 Å². The number of pyridine rings is 1. The molecule has 2 bridgehead atoms. The molecule has 5 nitrogen and oxygen atoms in total. The molecule has 1 aromatic heterocycles. The standard InChI is InChI=1S/C21H29N3O2/c1-3-4-17-5-6-20(26)24-13-16-11-18(21(17)24)14-23(12-16)19-7-9-22(10-8-19)15(2)25/h3-6,16,18-19H,7-14H2,1-2H3/p+1/b4-3+/t16-,18+/m0/s1.